The van der Waals surface area contributed by atoms with E-state index in [-0.39, 0.29) is 40.7 Å². The zero-order valence-corrected chi connectivity index (χ0v) is 28.4. The number of rotatable bonds is 12. The second-order valence-corrected chi connectivity index (χ2v) is 11.9. The standard InChI is InChI=1S/C40H32F4N2O7/c1-24-19-28(26-5-11-30(41)12-6-26)10-18-34(24)39(51)53-32-15-3-25(4-16-32)22-46(23-37(48)49)38(50)27-7-13-31(14-8-27)45-36(47)20-29-9-17-33(52-2)21-35(29)40(42,43)44/h3-19,21H,20,22-23H2,1-2H3,(H,45,47)(H,48,49). The number of amides is 2. The van der Waals surface area contributed by atoms with Gasteiger partial charge in [-0.15, -0.1) is 0 Å². The Morgan fingerprint density at radius 2 is 1.43 bits per heavy atom. The Morgan fingerprint density at radius 1 is 0.792 bits per heavy atom. The summed E-state index contributed by atoms with van der Waals surface area (Å²) in [6, 6.07) is 26.1. The smallest absolute Gasteiger partial charge is 0.416 e. The number of carboxylic acids is 1. The predicted molar refractivity (Wildman–Crippen MR) is 187 cm³/mol. The topological polar surface area (TPSA) is 122 Å². The molecule has 0 aliphatic carbocycles. The van der Waals surface area contributed by atoms with E-state index in [4.69, 9.17) is 9.47 Å². The maximum Gasteiger partial charge on any atom is 0.416 e. The lowest BCUT2D eigenvalue weighted by Crippen LogP contribution is -2.35. The van der Waals surface area contributed by atoms with Crippen LogP contribution in [0.5, 0.6) is 11.5 Å². The fraction of sp³-hybridized carbons (Fsp3) is 0.150. The average molecular weight is 729 g/mol. The Hall–Kier alpha value is -6.50. The molecule has 0 aromatic heterocycles. The number of methoxy groups -OCH3 is 1. The van der Waals surface area contributed by atoms with Crippen molar-refractivity contribution in [3.05, 3.63) is 148 Å². The van der Waals surface area contributed by atoms with Crippen LogP contribution in [0.25, 0.3) is 11.1 Å². The zero-order valence-electron chi connectivity index (χ0n) is 28.4. The second kappa shape index (κ2) is 16.2. The summed E-state index contributed by atoms with van der Waals surface area (Å²) < 4.78 is 64.4. The predicted octanol–water partition coefficient (Wildman–Crippen LogP) is 7.96. The number of hydrogen-bond acceptors (Lipinski definition) is 6. The van der Waals surface area contributed by atoms with Gasteiger partial charge >= 0.3 is 18.1 Å². The molecule has 2 amide bonds. The van der Waals surface area contributed by atoms with Gasteiger partial charge in [-0.05, 0) is 101 Å². The number of alkyl halides is 3. The van der Waals surface area contributed by atoms with Crippen LogP contribution < -0.4 is 14.8 Å². The number of aryl methyl sites for hydroxylation is 1. The van der Waals surface area contributed by atoms with Gasteiger partial charge in [-0.1, -0.05) is 42.5 Å². The van der Waals surface area contributed by atoms with E-state index in [1.807, 2.05) is 0 Å². The van der Waals surface area contributed by atoms with E-state index in [1.165, 1.54) is 67.8 Å². The van der Waals surface area contributed by atoms with Gasteiger partial charge in [0.15, 0.2) is 0 Å². The molecule has 0 heterocycles. The molecular formula is C40H32F4N2O7. The largest absolute Gasteiger partial charge is 0.497 e. The SMILES string of the molecule is COc1ccc(CC(=O)Nc2ccc(C(=O)N(CC(=O)O)Cc3ccc(OC(=O)c4ccc(-c5ccc(F)cc5)cc4C)cc3)cc2)c(C(F)(F)F)c1. The van der Waals surface area contributed by atoms with E-state index >= 15 is 0 Å². The van der Waals surface area contributed by atoms with E-state index in [9.17, 15) is 41.8 Å². The Bertz CT molecular complexity index is 2130. The molecule has 0 atom stereocenters. The molecule has 53 heavy (non-hydrogen) atoms. The third-order valence-electron chi connectivity index (χ3n) is 8.13. The van der Waals surface area contributed by atoms with E-state index in [2.05, 4.69) is 5.32 Å². The molecule has 5 aromatic rings. The molecule has 0 saturated heterocycles. The van der Waals surface area contributed by atoms with Gasteiger partial charge in [0.25, 0.3) is 5.91 Å². The summed E-state index contributed by atoms with van der Waals surface area (Å²) in [5.74, 6) is -3.36. The number of halogens is 4. The molecule has 272 valence electrons. The molecule has 13 heteroatoms. The van der Waals surface area contributed by atoms with Crippen molar-refractivity contribution in [1.29, 1.82) is 0 Å². The number of anilines is 1. The average Bonchev–Trinajstić information content (AvgIpc) is 3.12. The van der Waals surface area contributed by atoms with Gasteiger partial charge in [0, 0.05) is 17.8 Å². The summed E-state index contributed by atoms with van der Waals surface area (Å²) in [5.41, 5.74) is 2.18. The molecule has 0 saturated carbocycles. The number of carbonyl (C=O) groups excluding carboxylic acids is 3. The van der Waals surface area contributed by atoms with Crippen molar-refractivity contribution in [3.63, 3.8) is 0 Å². The normalized spacial score (nSPS) is 11.1. The molecule has 0 radical (unpaired) electrons. The maximum absolute atomic E-state index is 13.6. The number of esters is 1. The Kier molecular flexibility index (Phi) is 11.6. The van der Waals surface area contributed by atoms with Gasteiger partial charge in [0.05, 0.1) is 24.7 Å². The minimum atomic E-state index is -4.70. The number of carbonyl (C=O) groups is 4. The van der Waals surface area contributed by atoms with Gasteiger partial charge in [0.2, 0.25) is 5.91 Å². The quantitative estimate of drug-likeness (QED) is 0.0760. The monoisotopic (exact) mass is 728 g/mol. The lowest BCUT2D eigenvalue weighted by atomic mass is 10.00. The first-order valence-electron chi connectivity index (χ1n) is 16.0. The highest BCUT2D eigenvalue weighted by Gasteiger charge is 2.34. The van der Waals surface area contributed by atoms with Gasteiger partial charge in [-0.25, -0.2) is 9.18 Å². The summed E-state index contributed by atoms with van der Waals surface area (Å²) in [6.45, 7) is 1.01. The first kappa shape index (κ1) is 37.7. The van der Waals surface area contributed by atoms with Crippen LogP contribution in [0, 0.1) is 12.7 Å². The molecular weight excluding hydrogens is 696 g/mol. The summed E-state index contributed by atoms with van der Waals surface area (Å²) in [6.07, 6.45) is -5.28. The molecule has 0 spiro atoms. The van der Waals surface area contributed by atoms with E-state index in [0.717, 1.165) is 22.1 Å². The number of nitrogens with zero attached hydrogens (tertiary/aromatic N) is 1. The van der Waals surface area contributed by atoms with Crippen LogP contribution in [0.1, 0.15) is 43.0 Å². The van der Waals surface area contributed by atoms with Crippen molar-refractivity contribution in [2.75, 3.05) is 19.0 Å². The summed E-state index contributed by atoms with van der Waals surface area (Å²) in [4.78, 5) is 51.6. The molecule has 9 nitrogen and oxygen atoms in total. The number of nitrogens with one attached hydrogen (secondary N) is 1. The van der Waals surface area contributed by atoms with E-state index in [0.29, 0.717) is 16.7 Å². The van der Waals surface area contributed by atoms with Crippen LogP contribution in [0.3, 0.4) is 0 Å². The fourth-order valence-electron chi connectivity index (χ4n) is 5.48. The van der Waals surface area contributed by atoms with Crippen LogP contribution >= 0.6 is 0 Å². The Balaban J connectivity index is 1.20. The molecule has 0 bridgehead atoms. The molecule has 0 aliphatic rings. The van der Waals surface area contributed by atoms with Gasteiger partial charge < -0.3 is 24.8 Å². The minimum absolute atomic E-state index is 0.00413. The third-order valence-corrected chi connectivity index (χ3v) is 8.13. The van der Waals surface area contributed by atoms with Crippen molar-refractivity contribution in [3.8, 4) is 22.6 Å². The number of aliphatic carboxylic acids is 1. The molecule has 5 aromatic carbocycles. The highest BCUT2D eigenvalue weighted by molar-refractivity contribution is 5.97. The summed E-state index contributed by atoms with van der Waals surface area (Å²) >= 11 is 0. The lowest BCUT2D eigenvalue weighted by Gasteiger charge is -2.21. The maximum atomic E-state index is 13.6. The van der Waals surface area contributed by atoms with Crippen LogP contribution in [-0.2, 0) is 28.7 Å². The number of benzene rings is 5. The zero-order chi connectivity index (χ0) is 38.3. The second-order valence-electron chi connectivity index (χ2n) is 11.9. The van der Waals surface area contributed by atoms with Crippen molar-refractivity contribution in [2.24, 2.45) is 0 Å². The first-order valence-corrected chi connectivity index (χ1v) is 16.0. The third kappa shape index (κ3) is 9.85. The summed E-state index contributed by atoms with van der Waals surface area (Å²) in [5, 5.41) is 12.0. The first-order chi connectivity index (χ1) is 25.2. The van der Waals surface area contributed by atoms with Crippen LogP contribution in [-0.4, -0.2) is 47.4 Å². The van der Waals surface area contributed by atoms with Crippen molar-refractivity contribution < 1.29 is 51.3 Å². The molecule has 5 rings (SSSR count). The number of carboxylic acid groups (broad SMARTS) is 1. The highest BCUT2D eigenvalue weighted by atomic mass is 19.4. The fourth-order valence-corrected chi connectivity index (χ4v) is 5.48. The van der Waals surface area contributed by atoms with Crippen LogP contribution in [0.2, 0.25) is 0 Å². The molecule has 0 unspecified atom stereocenters. The van der Waals surface area contributed by atoms with E-state index < -0.39 is 48.5 Å². The van der Waals surface area contributed by atoms with Crippen LogP contribution in [0.4, 0.5) is 23.2 Å². The lowest BCUT2D eigenvalue weighted by molar-refractivity contribution is -0.139. The molecule has 2 N–H and O–H groups in total. The van der Waals surface area contributed by atoms with Crippen molar-refractivity contribution in [2.45, 2.75) is 26.1 Å². The molecule has 0 aliphatic heterocycles. The minimum Gasteiger partial charge on any atom is -0.497 e. The Morgan fingerprint density at radius 3 is 2.04 bits per heavy atom. The van der Waals surface area contributed by atoms with E-state index in [1.54, 1.807) is 49.4 Å². The Labute approximate surface area is 301 Å². The van der Waals surface area contributed by atoms with Crippen molar-refractivity contribution in [1.82, 2.24) is 4.90 Å². The molecule has 0 fully saturated rings. The highest BCUT2D eigenvalue weighted by Crippen LogP contribution is 2.35. The van der Waals surface area contributed by atoms with Gasteiger partial charge in [0.1, 0.15) is 23.9 Å². The van der Waals surface area contributed by atoms with Gasteiger partial charge in [-0.2, -0.15) is 13.2 Å². The van der Waals surface area contributed by atoms with Gasteiger partial charge in [-0.3, -0.25) is 14.4 Å². The number of hydrogen-bond donors (Lipinski definition) is 2. The van der Waals surface area contributed by atoms with Crippen LogP contribution in [0.15, 0.2) is 109 Å². The summed E-state index contributed by atoms with van der Waals surface area (Å²) in [7, 11) is 1.23. The van der Waals surface area contributed by atoms with Crippen molar-refractivity contribution >= 4 is 29.4 Å². The number of ether oxygens (including phenoxy) is 2.